The van der Waals surface area contributed by atoms with E-state index in [0.29, 0.717) is 31.3 Å². The van der Waals surface area contributed by atoms with Crippen LogP contribution in [-0.4, -0.2) is 39.7 Å². The van der Waals surface area contributed by atoms with Gasteiger partial charge in [0.15, 0.2) is 21.3 Å². The fourth-order valence-corrected chi connectivity index (χ4v) is 5.31. The Balaban J connectivity index is 1.59. The van der Waals surface area contributed by atoms with Gasteiger partial charge in [0.05, 0.1) is 29.2 Å². The van der Waals surface area contributed by atoms with Gasteiger partial charge in [0, 0.05) is 13.0 Å². The van der Waals surface area contributed by atoms with Gasteiger partial charge in [-0.25, -0.2) is 8.42 Å². The molecule has 7 heteroatoms. The zero-order valence-corrected chi connectivity index (χ0v) is 14.7. The Kier molecular flexibility index (Phi) is 4.94. The van der Waals surface area contributed by atoms with Crippen molar-refractivity contribution in [2.24, 2.45) is 5.92 Å². The molecule has 2 aliphatic rings. The van der Waals surface area contributed by atoms with Crippen molar-refractivity contribution in [2.45, 2.75) is 19.4 Å². The van der Waals surface area contributed by atoms with Gasteiger partial charge in [-0.2, -0.15) is 0 Å². The summed E-state index contributed by atoms with van der Waals surface area (Å²) in [5, 5.41) is 3.35. The number of fused-ring (bicyclic) bond motifs is 1. The molecule has 0 radical (unpaired) electrons. The van der Waals surface area contributed by atoms with Crippen molar-refractivity contribution in [1.29, 1.82) is 0 Å². The Bertz CT molecular complexity index is 647. The Morgan fingerprint density at radius 3 is 2.86 bits per heavy atom. The van der Waals surface area contributed by atoms with E-state index in [-0.39, 0.29) is 5.92 Å². The van der Waals surface area contributed by atoms with E-state index in [1.165, 1.54) is 0 Å². The summed E-state index contributed by atoms with van der Waals surface area (Å²) in [5.74, 6) is 2.41. The van der Waals surface area contributed by atoms with Crippen molar-refractivity contribution in [3.63, 3.8) is 0 Å². The van der Waals surface area contributed by atoms with Crippen LogP contribution in [0, 0.1) is 5.92 Å². The minimum Gasteiger partial charge on any atom is -0.490 e. The zero-order chi connectivity index (χ0) is 15.6. The van der Waals surface area contributed by atoms with Gasteiger partial charge in [0.2, 0.25) is 0 Å². The van der Waals surface area contributed by atoms with Crippen molar-refractivity contribution in [1.82, 2.24) is 5.32 Å². The fourth-order valence-electron chi connectivity index (χ4n) is 2.84. The van der Waals surface area contributed by atoms with Crippen molar-refractivity contribution in [2.75, 3.05) is 31.3 Å². The lowest BCUT2D eigenvalue weighted by Crippen LogP contribution is -2.23. The monoisotopic (exact) mass is 389 g/mol. The normalized spacial score (nSPS) is 23.2. The number of hydrogen-bond donors (Lipinski definition) is 1. The number of rotatable bonds is 4. The topological polar surface area (TPSA) is 64.6 Å². The highest BCUT2D eigenvalue weighted by molar-refractivity contribution is 9.10. The second-order valence-corrected chi connectivity index (χ2v) is 8.94. The summed E-state index contributed by atoms with van der Waals surface area (Å²) in [6.45, 7) is 2.74. The SMILES string of the molecule is O=S1(=O)CCC(CNCc2cc(Br)c3c(c2)OCCCO3)C1. The molecule has 0 aromatic heterocycles. The molecule has 2 heterocycles. The molecule has 0 spiro atoms. The summed E-state index contributed by atoms with van der Waals surface area (Å²) >= 11 is 3.53. The Morgan fingerprint density at radius 2 is 2.09 bits per heavy atom. The van der Waals surface area contributed by atoms with Gasteiger partial charge in [-0.05, 0) is 52.5 Å². The van der Waals surface area contributed by atoms with E-state index < -0.39 is 9.84 Å². The Morgan fingerprint density at radius 1 is 1.27 bits per heavy atom. The maximum absolute atomic E-state index is 11.4. The van der Waals surface area contributed by atoms with Crippen molar-refractivity contribution >= 4 is 25.8 Å². The summed E-state index contributed by atoms with van der Waals surface area (Å²) in [5.41, 5.74) is 1.09. The highest BCUT2D eigenvalue weighted by Crippen LogP contribution is 2.38. The van der Waals surface area contributed by atoms with Gasteiger partial charge in [0.25, 0.3) is 0 Å². The Hall–Kier alpha value is -0.790. The molecule has 1 aromatic rings. The van der Waals surface area contributed by atoms with Crippen molar-refractivity contribution in [3.05, 3.63) is 22.2 Å². The highest BCUT2D eigenvalue weighted by atomic mass is 79.9. The maximum Gasteiger partial charge on any atom is 0.175 e. The van der Waals surface area contributed by atoms with Crippen LogP contribution in [0.2, 0.25) is 0 Å². The number of ether oxygens (including phenoxy) is 2. The molecule has 1 N–H and O–H groups in total. The van der Waals surface area contributed by atoms with Crippen LogP contribution < -0.4 is 14.8 Å². The number of halogens is 1. The third-order valence-electron chi connectivity index (χ3n) is 3.95. The van der Waals surface area contributed by atoms with Gasteiger partial charge >= 0.3 is 0 Å². The molecule has 122 valence electrons. The number of benzene rings is 1. The van der Waals surface area contributed by atoms with Crippen LogP contribution in [0.4, 0.5) is 0 Å². The quantitative estimate of drug-likeness (QED) is 0.854. The summed E-state index contributed by atoms with van der Waals surface area (Å²) < 4.78 is 35.2. The van der Waals surface area contributed by atoms with Gasteiger partial charge in [-0.15, -0.1) is 0 Å². The van der Waals surface area contributed by atoms with Gasteiger partial charge in [-0.3, -0.25) is 0 Å². The van der Waals surface area contributed by atoms with Crippen LogP contribution in [0.5, 0.6) is 11.5 Å². The third kappa shape index (κ3) is 3.94. The predicted molar refractivity (Wildman–Crippen MR) is 88.2 cm³/mol. The standard InChI is InChI=1S/C15H20BrNO4S/c16-13-6-12(7-14-15(13)21-4-1-3-20-14)9-17-8-11-2-5-22(18,19)10-11/h6-7,11,17H,1-5,8-10H2. The molecular weight excluding hydrogens is 370 g/mol. The van der Waals surface area contributed by atoms with Crippen molar-refractivity contribution < 1.29 is 17.9 Å². The molecule has 22 heavy (non-hydrogen) atoms. The number of sulfone groups is 1. The summed E-state index contributed by atoms with van der Waals surface area (Å²) in [6, 6.07) is 4.01. The second-order valence-electron chi connectivity index (χ2n) is 5.86. The van der Waals surface area contributed by atoms with Crippen LogP contribution in [0.1, 0.15) is 18.4 Å². The smallest absolute Gasteiger partial charge is 0.175 e. The van der Waals surface area contributed by atoms with Crippen LogP contribution in [-0.2, 0) is 16.4 Å². The first-order valence-electron chi connectivity index (χ1n) is 7.53. The highest BCUT2D eigenvalue weighted by Gasteiger charge is 2.27. The molecular formula is C15H20BrNO4S. The van der Waals surface area contributed by atoms with E-state index >= 15 is 0 Å². The van der Waals surface area contributed by atoms with Crippen molar-refractivity contribution in [3.8, 4) is 11.5 Å². The molecule has 2 aliphatic heterocycles. The molecule has 1 aromatic carbocycles. The lowest BCUT2D eigenvalue weighted by atomic mass is 10.1. The first kappa shape index (κ1) is 16.1. The molecule has 0 bridgehead atoms. The van der Waals surface area contributed by atoms with E-state index in [2.05, 4.69) is 21.2 Å². The molecule has 1 fully saturated rings. The molecule has 0 saturated carbocycles. The van der Waals surface area contributed by atoms with E-state index in [1.807, 2.05) is 12.1 Å². The predicted octanol–water partition coefficient (Wildman–Crippen LogP) is 2.13. The summed E-state index contributed by atoms with van der Waals surface area (Å²) in [4.78, 5) is 0. The summed E-state index contributed by atoms with van der Waals surface area (Å²) in [7, 11) is -2.80. The fraction of sp³-hybridized carbons (Fsp3) is 0.600. The Labute approximate surface area is 139 Å². The van der Waals surface area contributed by atoms with Gasteiger partial charge in [0.1, 0.15) is 0 Å². The minimum absolute atomic E-state index is 0.230. The minimum atomic E-state index is -2.80. The van der Waals surface area contributed by atoms with E-state index in [9.17, 15) is 8.42 Å². The first-order chi connectivity index (χ1) is 10.5. The molecule has 3 rings (SSSR count). The van der Waals surface area contributed by atoms with Gasteiger partial charge in [-0.1, -0.05) is 0 Å². The average Bonchev–Trinajstić information content (AvgIpc) is 2.67. The molecule has 1 unspecified atom stereocenters. The first-order valence-corrected chi connectivity index (χ1v) is 10.1. The summed E-state index contributed by atoms with van der Waals surface area (Å²) in [6.07, 6.45) is 1.64. The molecule has 0 aliphatic carbocycles. The third-order valence-corrected chi connectivity index (χ3v) is 6.38. The number of hydrogen-bond acceptors (Lipinski definition) is 5. The van der Waals surface area contributed by atoms with Crippen LogP contribution in [0.3, 0.4) is 0 Å². The molecule has 5 nitrogen and oxygen atoms in total. The lowest BCUT2D eigenvalue weighted by molar-refractivity contribution is 0.296. The van der Waals surface area contributed by atoms with E-state index in [4.69, 9.17) is 9.47 Å². The second kappa shape index (κ2) is 6.76. The molecule has 1 atom stereocenters. The largest absolute Gasteiger partial charge is 0.490 e. The number of nitrogens with one attached hydrogen (secondary N) is 1. The van der Waals surface area contributed by atoms with E-state index in [0.717, 1.165) is 40.9 Å². The van der Waals surface area contributed by atoms with Crippen LogP contribution in [0.15, 0.2) is 16.6 Å². The zero-order valence-electron chi connectivity index (χ0n) is 12.3. The average molecular weight is 390 g/mol. The van der Waals surface area contributed by atoms with Crippen LogP contribution in [0.25, 0.3) is 0 Å². The van der Waals surface area contributed by atoms with Crippen LogP contribution >= 0.6 is 15.9 Å². The van der Waals surface area contributed by atoms with Gasteiger partial charge < -0.3 is 14.8 Å². The lowest BCUT2D eigenvalue weighted by Gasteiger charge is -2.13. The molecule has 0 amide bonds. The molecule has 1 saturated heterocycles. The van der Waals surface area contributed by atoms with E-state index in [1.54, 1.807) is 0 Å². The maximum atomic E-state index is 11.4.